The molecule has 2 aromatic heterocycles. The van der Waals surface area contributed by atoms with E-state index in [1.54, 1.807) is 19.2 Å². The average Bonchev–Trinajstić information content (AvgIpc) is 3.19. The summed E-state index contributed by atoms with van der Waals surface area (Å²) in [5.41, 5.74) is 5.41. The summed E-state index contributed by atoms with van der Waals surface area (Å²) in [4.78, 5) is 14.6. The normalized spacial score (nSPS) is 15.5. The number of hydrogen-bond donors (Lipinski definition) is 0. The molecule has 1 fully saturated rings. The number of aromatic nitrogens is 3. The van der Waals surface area contributed by atoms with Crippen LogP contribution >= 0.6 is 0 Å². The number of fused-ring (bicyclic) bond motifs is 1. The lowest BCUT2D eigenvalue weighted by atomic mass is 10.0. The third kappa shape index (κ3) is 4.04. The summed E-state index contributed by atoms with van der Waals surface area (Å²) in [6, 6.07) is 17.5. The largest absolute Gasteiger partial charge is 0.323 e. The van der Waals surface area contributed by atoms with Gasteiger partial charge in [-0.3, -0.25) is 9.88 Å². The van der Waals surface area contributed by atoms with E-state index >= 15 is 0 Å². The lowest BCUT2D eigenvalue weighted by molar-refractivity contribution is 0.150. The molecule has 0 atom stereocenters. The number of para-hydroxylation sites is 2. The molecule has 0 amide bonds. The number of aryl methyl sites for hydroxylation is 1. The van der Waals surface area contributed by atoms with Crippen molar-refractivity contribution in [3.05, 3.63) is 72.2 Å². The molecule has 3 heterocycles. The Morgan fingerprint density at radius 1 is 0.938 bits per heavy atom. The Morgan fingerprint density at radius 3 is 2.56 bits per heavy atom. The number of nitrogens with zero attached hydrogens (tertiary/aromatic N) is 5. The number of pyridine rings is 1. The Labute approximate surface area is 188 Å². The van der Waals surface area contributed by atoms with E-state index in [2.05, 4.69) is 50.7 Å². The summed E-state index contributed by atoms with van der Waals surface area (Å²) >= 11 is 0. The maximum atomic E-state index is 13.9. The molecule has 6 heteroatoms. The van der Waals surface area contributed by atoms with Crippen molar-refractivity contribution in [1.29, 1.82) is 0 Å². The number of halogens is 1. The zero-order valence-corrected chi connectivity index (χ0v) is 18.6. The highest BCUT2D eigenvalue weighted by molar-refractivity contribution is 5.85. The van der Waals surface area contributed by atoms with Gasteiger partial charge >= 0.3 is 0 Å². The SMILES string of the molecule is Cc1cc(-c2ncccc2-c2nc3ccccc3n2CCN2CCN(C)CC2)ccc1F. The Bertz CT molecular complexity index is 1240. The second-order valence-corrected chi connectivity index (χ2v) is 8.58. The molecule has 2 aromatic carbocycles. The van der Waals surface area contributed by atoms with E-state index in [0.717, 1.165) is 72.9 Å². The van der Waals surface area contributed by atoms with Crippen LogP contribution in [0.3, 0.4) is 0 Å². The molecule has 0 saturated carbocycles. The van der Waals surface area contributed by atoms with E-state index < -0.39 is 0 Å². The monoisotopic (exact) mass is 429 g/mol. The van der Waals surface area contributed by atoms with Crippen LogP contribution < -0.4 is 0 Å². The first-order chi connectivity index (χ1) is 15.6. The fourth-order valence-corrected chi connectivity index (χ4v) is 4.43. The van der Waals surface area contributed by atoms with Gasteiger partial charge in [0.15, 0.2) is 0 Å². The summed E-state index contributed by atoms with van der Waals surface area (Å²) in [7, 11) is 2.18. The van der Waals surface area contributed by atoms with Gasteiger partial charge in [0.25, 0.3) is 0 Å². The van der Waals surface area contributed by atoms with Gasteiger partial charge in [0.1, 0.15) is 11.6 Å². The molecule has 0 spiro atoms. The van der Waals surface area contributed by atoms with Crippen molar-refractivity contribution in [2.45, 2.75) is 13.5 Å². The number of benzene rings is 2. The van der Waals surface area contributed by atoms with Crippen molar-refractivity contribution in [3.63, 3.8) is 0 Å². The van der Waals surface area contributed by atoms with E-state index in [9.17, 15) is 4.39 Å². The zero-order valence-electron chi connectivity index (χ0n) is 18.6. The molecular formula is C26H28FN5. The van der Waals surface area contributed by atoms with E-state index in [-0.39, 0.29) is 5.82 Å². The van der Waals surface area contributed by atoms with Crippen LogP contribution in [0.1, 0.15) is 5.56 Å². The highest BCUT2D eigenvalue weighted by atomic mass is 19.1. The molecule has 0 radical (unpaired) electrons. The Morgan fingerprint density at radius 2 is 1.75 bits per heavy atom. The molecule has 0 aliphatic carbocycles. The number of piperazine rings is 1. The molecule has 0 bridgehead atoms. The summed E-state index contributed by atoms with van der Waals surface area (Å²) < 4.78 is 16.2. The fourth-order valence-electron chi connectivity index (χ4n) is 4.43. The average molecular weight is 430 g/mol. The Balaban J connectivity index is 1.56. The molecular weight excluding hydrogens is 401 g/mol. The maximum absolute atomic E-state index is 13.9. The summed E-state index contributed by atoms with van der Waals surface area (Å²) in [6.45, 7) is 8.01. The number of likely N-dealkylation sites (N-methyl/N-ethyl adjacent to an activating group) is 1. The van der Waals surface area contributed by atoms with E-state index in [0.29, 0.717) is 5.56 Å². The van der Waals surface area contributed by atoms with Crippen molar-refractivity contribution in [3.8, 4) is 22.6 Å². The van der Waals surface area contributed by atoms with Crippen LogP contribution in [0.5, 0.6) is 0 Å². The maximum Gasteiger partial charge on any atom is 0.143 e. The molecule has 164 valence electrons. The van der Waals surface area contributed by atoms with Gasteiger partial charge in [-0.15, -0.1) is 0 Å². The van der Waals surface area contributed by atoms with Gasteiger partial charge in [-0.1, -0.05) is 12.1 Å². The first-order valence-electron chi connectivity index (χ1n) is 11.2. The van der Waals surface area contributed by atoms with Gasteiger partial charge in [-0.25, -0.2) is 9.37 Å². The standard InChI is InChI=1S/C26H28FN5/c1-19-18-20(9-10-22(19)27)25-21(6-5-11-28-25)26-29-23-7-3-4-8-24(23)32(26)17-16-31-14-12-30(2)13-15-31/h3-11,18H,12-17H2,1-2H3. The molecule has 5 rings (SSSR count). The molecule has 0 N–H and O–H groups in total. The first-order valence-corrected chi connectivity index (χ1v) is 11.2. The van der Waals surface area contributed by atoms with E-state index in [1.165, 1.54) is 6.07 Å². The third-order valence-electron chi connectivity index (χ3n) is 6.37. The smallest absolute Gasteiger partial charge is 0.143 e. The van der Waals surface area contributed by atoms with Crippen molar-refractivity contribution in [2.75, 3.05) is 39.8 Å². The third-order valence-corrected chi connectivity index (χ3v) is 6.37. The molecule has 0 unspecified atom stereocenters. The van der Waals surface area contributed by atoms with Gasteiger partial charge in [0, 0.05) is 56.6 Å². The second-order valence-electron chi connectivity index (χ2n) is 8.58. The fraction of sp³-hybridized carbons (Fsp3) is 0.308. The zero-order chi connectivity index (χ0) is 22.1. The summed E-state index contributed by atoms with van der Waals surface area (Å²) in [6.07, 6.45) is 1.79. The Hall–Kier alpha value is -3.09. The van der Waals surface area contributed by atoms with Crippen LogP contribution in [-0.4, -0.2) is 64.1 Å². The molecule has 1 aliphatic rings. The molecule has 32 heavy (non-hydrogen) atoms. The van der Waals surface area contributed by atoms with Crippen molar-refractivity contribution >= 4 is 11.0 Å². The quantitative estimate of drug-likeness (QED) is 0.469. The van der Waals surface area contributed by atoms with Crippen LogP contribution in [0.2, 0.25) is 0 Å². The lowest BCUT2D eigenvalue weighted by Gasteiger charge is -2.32. The minimum Gasteiger partial charge on any atom is -0.323 e. The number of imidazole rings is 1. The van der Waals surface area contributed by atoms with Crippen molar-refractivity contribution in [2.24, 2.45) is 0 Å². The van der Waals surface area contributed by atoms with Crippen LogP contribution in [0, 0.1) is 12.7 Å². The van der Waals surface area contributed by atoms with Gasteiger partial charge < -0.3 is 9.47 Å². The van der Waals surface area contributed by atoms with Gasteiger partial charge in [-0.2, -0.15) is 0 Å². The second kappa shape index (κ2) is 8.81. The molecule has 4 aromatic rings. The minimum absolute atomic E-state index is 0.203. The topological polar surface area (TPSA) is 37.2 Å². The van der Waals surface area contributed by atoms with Crippen molar-refractivity contribution < 1.29 is 4.39 Å². The first kappa shape index (κ1) is 20.8. The predicted octanol–water partition coefficient (Wildman–Crippen LogP) is 4.46. The van der Waals surface area contributed by atoms with Gasteiger partial charge in [-0.05, 0) is 62.0 Å². The Kier molecular flexibility index (Phi) is 5.72. The number of rotatable bonds is 5. The van der Waals surface area contributed by atoms with Crippen molar-refractivity contribution in [1.82, 2.24) is 24.3 Å². The van der Waals surface area contributed by atoms with Crippen LogP contribution in [0.15, 0.2) is 60.8 Å². The number of hydrogen-bond acceptors (Lipinski definition) is 4. The highest BCUT2D eigenvalue weighted by Crippen LogP contribution is 2.32. The highest BCUT2D eigenvalue weighted by Gasteiger charge is 2.19. The van der Waals surface area contributed by atoms with Crippen LogP contribution in [0.4, 0.5) is 4.39 Å². The summed E-state index contributed by atoms with van der Waals surface area (Å²) in [5.74, 6) is 0.705. The van der Waals surface area contributed by atoms with Crippen LogP contribution in [0.25, 0.3) is 33.7 Å². The lowest BCUT2D eigenvalue weighted by Crippen LogP contribution is -2.45. The molecule has 1 aliphatic heterocycles. The predicted molar refractivity (Wildman–Crippen MR) is 127 cm³/mol. The summed E-state index contributed by atoms with van der Waals surface area (Å²) in [5, 5.41) is 0. The molecule has 1 saturated heterocycles. The van der Waals surface area contributed by atoms with E-state index in [4.69, 9.17) is 4.98 Å². The van der Waals surface area contributed by atoms with E-state index in [1.807, 2.05) is 18.2 Å². The van der Waals surface area contributed by atoms with Crippen LogP contribution in [-0.2, 0) is 6.54 Å². The van der Waals surface area contributed by atoms with Gasteiger partial charge in [0.2, 0.25) is 0 Å². The molecule has 5 nitrogen and oxygen atoms in total. The minimum atomic E-state index is -0.203. The van der Waals surface area contributed by atoms with Gasteiger partial charge in [0.05, 0.1) is 16.7 Å².